The zero-order chi connectivity index (χ0) is 15.5. The van der Waals surface area contributed by atoms with Gasteiger partial charge in [0.05, 0.1) is 29.3 Å². The summed E-state index contributed by atoms with van der Waals surface area (Å²) in [4.78, 5) is 10.7. The van der Waals surface area contributed by atoms with Crippen molar-refractivity contribution in [1.29, 1.82) is 5.26 Å². The number of benzene rings is 1. The molecule has 3 rings (SSSR count). The summed E-state index contributed by atoms with van der Waals surface area (Å²) < 4.78 is 1.79. The van der Waals surface area contributed by atoms with E-state index in [9.17, 15) is 0 Å². The van der Waals surface area contributed by atoms with Crippen LogP contribution in [-0.2, 0) is 0 Å². The Bertz CT molecular complexity index is 818. The number of rotatable bonds is 4. The Kier molecular flexibility index (Phi) is 3.71. The van der Waals surface area contributed by atoms with Gasteiger partial charge in [0.25, 0.3) is 0 Å². The van der Waals surface area contributed by atoms with Crippen molar-refractivity contribution in [3.8, 4) is 11.8 Å². The van der Waals surface area contributed by atoms with Crippen LogP contribution in [0.4, 0.5) is 5.82 Å². The summed E-state index contributed by atoms with van der Waals surface area (Å²) in [6, 6.07) is 12.1. The predicted octanol–water partition coefficient (Wildman–Crippen LogP) is 2.41. The minimum absolute atomic E-state index is 0.0702. The molecule has 0 saturated carbocycles. The molecule has 0 aliphatic carbocycles. The smallest absolute Gasteiger partial charge is 0.168 e. The van der Waals surface area contributed by atoms with Crippen molar-refractivity contribution in [1.82, 2.24) is 19.7 Å². The molecule has 2 heterocycles. The van der Waals surface area contributed by atoms with Crippen molar-refractivity contribution in [3.63, 3.8) is 0 Å². The molecule has 0 unspecified atom stereocenters. The Balaban J connectivity index is 2.05. The maximum absolute atomic E-state index is 8.97. The maximum Gasteiger partial charge on any atom is 0.168 e. The van der Waals surface area contributed by atoms with Gasteiger partial charge in [-0.3, -0.25) is 0 Å². The maximum atomic E-state index is 8.97. The highest BCUT2D eigenvalue weighted by Crippen LogP contribution is 2.24. The van der Waals surface area contributed by atoms with Crippen molar-refractivity contribution in [2.45, 2.75) is 6.92 Å². The fraction of sp³-hybridized carbons (Fsp3) is 0.250. The van der Waals surface area contributed by atoms with E-state index >= 15 is 0 Å². The Morgan fingerprint density at radius 2 is 2.05 bits per heavy atom. The molecule has 0 radical (unpaired) electrons. The first-order valence-electron chi connectivity index (χ1n) is 7.05. The van der Waals surface area contributed by atoms with Crippen LogP contribution in [-0.4, -0.2) is 33.3 Å². The number of nitriles is 1. The number of nitrogens with zero attached hydrogens (tertiary/aromatic N) is 6. The Morgan fingerprint density at radius 1 is 1.27 bits per heavy atom. The van der Waals surface area contributed by atoms with Gasteiger partial charge < -0.3 is 4.90 Å². The van der Waals surface area contributed by atoms with Gasteiger partial charge in [0, 0.05) is 13.6 Å². The summed E-state index contributed by atoms with van der Waals surface area (Å²) in [7, 11) is 1.93. The molecular weight excluding hydrogens is 276 g/mol. The second-order valence-corrected chi connectivity index (χ2v) is 5.24. The third-order valence-corrected chi connectivity index (χ3v) is 3.48. The van der Waals surface area contributed by atoms with Gasteiger partial charge in [-0.25, -0.2) is 14.6 Å². The first-order chi connectivity index (χ1) is 10.7. The topological polar surface area (TPSA) is 70.6 Å². The van der Waals surface area contributed by atoms with E-state index in [-0.39, 0.29) is 5.92 Å². The van der Waals surface area contributed by atoms with Crippen LogP contribution in [0, 0.1) is 17.2 Å². The highest BCUT2D eigenvalue weighted by Gasteiger charge is 2.15. The van der Waals surface area contributed by atoms with E-state index in [2.05, 4.69) is 21.1 Å². The monoisotopic (exact) mass is 292 g/mol. The number of hydrogen-bond acceptors (Lipinski definition) is 5. The lowest BCUT2D eigenvalue weighted by Crippen LogP contribution is -2.24. The van der Waals surface area contributed by atoms with E-state index in [0.717, 1.165) is 22.5 Å². The fourth-order valence-corrected chi connectivity index (χ4v) is 2.43. The minimum Gasteiger partial charge on any atom is -0.358 e. The van der Waals surface area contributed by atoms with E-state index in [1.807, 2.05) is 49.2 Å². The van der Waals surface area contributed by atoms with Crippen LogP contribution in [0.15, 0.2) is 42.9 Å². The summed E-state index contributed by atoms with van der Waals surface area (Å²) in [5.74, 6) is 0.716. The van der Waals surface area contributed by atoms with Gasteiger partial charge in [-0.15, -0.1) is 0 Å². The molecular formula is C16H16N6. The van der Waals surface area contributed by atoms with Gasteiger partial charge in [-0.05, 0) is 19.1 Å². The van der Waals surface area contributed by atoms with Crippen LogP contribution in [0.2, 0.25) is 0 Å². The highest BCUT2D eigenvalue weighted by atomic mass is 15.3. The fourth-order valence-electron chi connectivity index (χ4n) is 2.43. The molecule has 1 aromatic carbocycles. The number of anilines is 1. The van der Waals surface area contributed by atoms with Crippen LogP contribution >= 0.6 is 0 Å². The molecule has 0 amide bonds. The van der Waals surface area contributed by atoms with Gasteiger partial charge in [0.15, 0.2) is 5.65 Å². The zero-order valence-electron chi connectivity index (χ0n) is 12.5. The third-order valence-electron chi connectivity index (χ3n) is 3.48. The van der Waals surface area contributed by atoms with Gasteiger partial charge in [0.1, 0.15) is 12.1 Å². The number of aromatic nitrogens is 4. The molecule has 1 atom stereocenters. The van der Waals surface area contributed by atoms with Gasteiger partial charge in [-0.1, -0.05) is 18.2 Å². The molecule has 0 bridgehead atoms. The second kappa shape index (κ2) is 5.82. The van der Waals surface area contributed by atoms with E-state index in [0.29, 0.717) is 6.54 Å². The summed E-state index contributed by atoms with van der Waals surface area (Å²) in [5.41, 5.74) is 1.71. The van der Waals surface area contributed by atoms with Crippen LogP contribution in [0.1, 0.15) is 6.92 Å². The molecule has 0 aliphatic rings. The summed E-state index contributed by atoms with van der Waals surface area (Å²) in [5, 5.41) is 14.3. The Labute approximate surface area is 128 Å². The van der Waals surface area contributed by atoms with E-state index in [1.54, 1.807) is 10.9 Å². The molecule has 0 saturated heterocycles. The Hall–Kier alpha value is -2.94. The van der Waals surface area contributed by atoms with Crippen LogP contribution in [0.3, 0.4) is 0 Å². The molecule has 0 fully saturated rings. The minimum atomic E-state index is -0.0702. The molecule has 22 heavy (non-hydrogen) atoms. The normalized spacial score (nSPS) is 12.0. The number of fused-ring (bicyclic) bond motifs is 1. The molecule has 6 heteroatoms. The molecule has 2 aromatic heterocycles. The molecule has 6 nitrogen and oxygen atoms in total. The van der Waals surface area contributed by atoms with Gasteiger partial charge in [0.2, 0.25) is 0 Å². The zero-order valence-corrected chi connectivity index (χ0v) is 12.5. The molecule has 0 N–H and O–H groups in total. The van der Waals surface area contributed by atoms with Crippen molar-refractivity contribution in [3.05, 3.63) is 42.9 Å². The molecule has 110 valence electrons. The van der Waals surface area contributed by atoms with Crippen molar-refractivity contribution < 1.29 is 0 Å². The summed E-state index contributed by atoms with van der Waals surface area (Å²) in [6.45, 7) is 2.50. The number of para-hydroxylation sites is 1. The first kappa shape index (κ1) is 14.0. The van der Waals surface area contributed by atoms with Gasteiger partial charge in [-0.2, -0.15) is 10.4 Å². The van der Waals surface area contributed by atoms with Crippen molar-refractivity contribution in [2.75, 3.05) is 18.5 Å². The van der Waals surface area contributed by atoms with E-state index in [4.69, 9.17) is 5.26 Å². The largest absolute Gasteiger partial charge is 0.358 e. The number of hydrogen-bond donors (Lipinski definition) is 0. The average molecular weight is 292 g/mol. The SMILES string of the molecule is C[C@H](C#N)CN(C)c1ncnc2c1cnn2-c1ccccc1. The van der Waals surface area contributed by atoms with Crippen LogP contribution in [0.5, 0.6) is 0 Å². The molecule has 0 spiro atoms. The quantitative estimate of drug-likeness (QED) is 0.738. The van der Waals surface area contributed by atoms with Crippen molar-refractivity contribution >= 4 is 16.9 Å². The van der Waals surface area contributed by atoms with E-state index in [1.165, 1.54) is 6.33 Å². The van der Waals surface area contributed by atoms with Crippen molar-refractivity contribution in [2.24, 2.45) is 5.92 Å². The first-order valence-corrected chi connectivity index (χ1v) is 7.05. The standard InChI is InChI=1S/C16H16N6/c1-12(8-17)10-21(2)15-14-9-20-22(16(14)19-11-18-15)13-6-4-3-5-7-13/h3-7,9,11-12H,10H2,1-2H3/t12-/m1/s1. The summed E-state index contributed by atoms with van der Waals surface area (Å²) >= 11 is 0. The van der Waals surface area contributed by atoms with Crippen LogP contribution in [0.25, 0.3) is 16.7 Å². The lowest BCUT2D eigenvalue weighted by Gasteiger charge is -2.19. The highest BCUT2D eigenvalue weighted by molar-refractivity contribution is 5.87. The molecule has 0 aliphatic heterocycles. The van der Waals surface area contributed by atoms with Crippen LogP contribution < -0.4 is 4.90 Å². The third kappa shape index (κ3) is 2.49. The van der Waals surface area contributed by atoms with E-state index < -0.39 is 0 Å². The Morgan fingerprint density at radius 3 is 2.77 bits per heavy atom. The lowest BCUT2D eigenvalue weighted by atomic mass is 10.2. The average Bonchev–Trinajstić information content (AvgIpc) is 2.99. The summed E-state index contributed by atoms with van der Waals surface area (Å²) in [6.07, 6.45) is 3.30. The van der Waals surface area contributed by atoms with Gasteiger partial charge >= 0.3 is 0 Å². The molecule has 3 aromatic rings. The predicted molar refractivity (Wildman–Crippen MR) is 84.7 cm³/mol. The second-order valence-electron chi connectivity index (χ2n) is 5.24. The lowest BCUT2D eigenvalue weighted by molar-refractivity contribution is 0.711.